The number of H-pyrrole nitrogens is 1. The van der Waals surface area contributed by atoms with Gasteiger partial charge in [-0.2, -0.15) is 0 Å². The van der Waals surface area contributed by atoms with E-state index >= 15 is 0 Å². The Bertz CT molecular complexity index is 1800. The molecule has 49 heavy (non-hydrogen) atoms. The Balaban J connectivity index is 1.69. The van der Waals surface area contributed by atoms with Crippen LogP contribution in [0.5, 0.6) is 11.5 Å². The van der Waals surface area contributed by atoms with Gasteiger partial charge in [0.15, 0.2) is 17.6 Å². The molecule has 13 nitrogen and oxygen atoms in total. The zero-order valence-electron chi connectivity index (χ0n) is 27.9. The maximum atomic E-state index is 13.1. The fraction of sp³-hybridized carbons (Fsp3) is 0.361. The minimum Gasteiger partial charge on any atom is -0.493 e. The van der Waals surface area contributed by atoms with Crippen molar-refractivity contribution in [1.29, 1.82) is 0 Å². The highest BCUT2D eigenvalue weighted by Crippen LogP contribution is 2.49. The van der Waals surface area contributed by atoms with E-state index in [4.69, 9.17) is 33.2 Å². The van der Waals surface area contributed by atoms with Gasteiger partial charge in [0.2, 0.25) is 6.23 Å². The van der Waals surface area contributed by atoms with E-state index in [0.717, 1.165) is 22.6 Å². The Labute approximate surface area is 282 Å². The van der Waals surface area contributed by atoms with Gasteiger partial charge in [-0.1, -0.05) is 72.8 Å². The second-order valence-corrected chi connectivity index (χ2v) is 11.4. The van der Waals surface area contributed by atoms with Crippen molar-refractivity contribution in [3.05, 3.63) is 128 Å². The van der Waals surface area contributed by atoms with Gasteiger partial charge in [0.25, 0.3) is 11.3 Å². The first kappa shape index (κ1) is 35.5. The van der Waals surface area contributed by atoms with E-state index in [9.17, 15) is 19.5 Å². The van der Waals surface area contributed by atoms with Gasteiger partial charge in [-0.15, -0.1) is 0 Å². The molecule has 0 saturated carbocycles. The highest BCUT2D eigenvalue weighted by atomic mass is 16.7. The van der Waals surface area contributed by atoms with Crippen LogP contribution < -0.4 is 20.7 Å². The molecule has 1 aliphatic heterocycles. The lowest BCUT2D eigenvalue weighted by Crippen LogP contribution is -2.53. The first-order chi connectivity index (χ1) is 23.6. The van der Waals surface area contributed by atoms with Crippen LogP contribution in [0.25, 0.3) is 0 Å². The number of para-hydroxylation sites is 1. The van der Waals surface area contributed by atoms with Gasteiger partial charge in [0.05, 0.1) is 34.0 Å². The van der Waals surface area contributed by atoms with Crippen LogP contribution in [0.4, 0.5) is 0 Å². The number of benzene rings is 3. The number of hydrogen-bond donors (Lipinski definition) is 2. The van der Waals surface area contributed by atoms with Gasteiger partial charge in [-0.3, -0.25) is 19.1 Å². The molecule has 260 valence electrons. The first-order valence-corrected chi connectivity index (χ1v) is 15.6. The summed E-state index contributed by atoms with van der Waals surface area (Å²) in [6, 6.07) is 24.4. The van der Waals surface area contributed by atoms with E-state index in [1.807, 2.05) is 72.8 Å². The third-order valence-corrected chi connectivity index (χ3v) is 8.30. The van der Waals surface area contributed by atoms with Crippen molar-refractivity contribution >= 4 is 5.97 Å². The number of methoxy groups -OCH3 is 3. The molecule has 13 heteroatoms. The monoisotopic (exact) mass is 676 g/mol. The van der Waals surface area contributed by atoms with Crippen LogP contribution in [0.3, 0.4) is 0 Å². The van der Waals surface area contributed by atoms with Crippen molar-refractivity contribution in [3.8, 4) is 11.5 Å². The Morgan fingerprint density at radius 2 is 1.59 bits per heavy atom. The molecule has 4 atom stereocenters. The maximum Gasteiger partial charge on any atom is 0.330 e. The van der Waals surface area contributed by atoms with Gasteiger partial charge < -0.3 is 38.3 Å². The number of aromatic amines is 1. The van der Waals surface area contributed by atoms with Crippen LogP contribution in [0, 0.1) is 6.92 Å². The molecule has 0 amide bonds. The van der Waals surface area contributed by atoms with Crippen LogP contribution >= 0.6 is 0 Å². The largest absolute Gasteiger partial charge is 0.493 e. The van der Waals surface area contributed by atoms with E-state index < -0.39 is 47.0 Å². The molecule has 1 aliphatic rings. The van der Waals surface area contributed by atoms with Crippen molar-refractivity contribution in [2.45, 2.75) is 43.7 Å². The van der Waals surface area contributed by atoms with Gasteiger partial charge in [-0.25, -0.2) is 4.79 Å². The standard InChI is InChI=1S/C36H40N2O11/c1-23-21-38(34(41)37-32(23)40)33-36(42,49-24(2)39)31(46-20-19-43-3)29(48-33)22-47-35(25-13-8-6-9-14-25,26-15-10-7-11-16-26)27-17-12-18-28(44-4)30(27)45-5/h6-18,21,29,31,33,42H,19-20,22H2,1-5H3,(H,37,40,41)/t29-,31-,33-,36+/m1/s1. The number of ether oxygens (including phenoxy) is 7. The van der Waals surface area contributed by atoms with Gasteiger partial charge >= 0.3 is 11.7 Å². The van der Waals surface area contributed by atoms with Crippen molar-refractivity contribution in [2.75, 3.05) is 41.2 Å². The molecule has 0 bridgehead atoms. The number of esters is 1. The van der Waals surface area contributed by atoms with Gasteiger partial charge in [0.1, 0.15) is 11.7 Å². The lowest BCUT2D eigenvalue weighted by Gasteiger charge is -2.38. The Kier molecular flexibility index (Phi) is 11.0. The molecule has 0 radical (unpaired) electrons. The predicted molar refractivity (Wildman–Crippen MR) is 177 cm³/mol. The second kappa shape index (κ2) is 15.2. The molecule has 4 aromatic rings. The second-order valence-electron chi connectivity index (χ2n) is 11.4. The molecule has 2 N–H and O–H groups in total. The highest BCUT2D eigenvalue weighted by molar-refractivity contribution is 5.66. The molecule has 0 aliphatic carbocycles. The van der Waals surface area contributed by atoms with Crippen molar-refractivity contribution in [2.24, 2.45) is 0 Å². The van der Waals surface area contributed by atoms with Gasteiger partial charge in [-0.05, 0) is 24.1 Å². The number of hydrogen-bond acceptors (Lipinski definition) is 11. The summed E-state index contributed by atoms with van der Waals surface area (Å²) in [5.41, 5.74) is -0.684. The molecule has 1 fully saturated rings. The Morgan fingerprint density at radius 1 is 0.939 bits per heavy atom. The van der Waals surface area contributed by atoms with Crippen LogP contribution in [0.2, 0.25) is 0 Å². The summed E-state index contributed by atoms with van der Waals surface area (Å²) in [6.07, 6.45) is -2.98. The van der Waals surface area contributed by atoms with E-state index in [0.29, 0.717) is 17.1 Å². The fourth-order valence-electron chi connectivity index (χ4n) is 6.16. The third-order valence-electron chi connectivity index (χ3n) is 8.30. The Morgan fingerprint density at radius 3 is 2.16 bits per heavy atom. The minimum atomic E-state index is -2.54. The summed E-state index contributed by atoms with van der Waals surface area (Å²) in [5, 5.41) is 12.1. The van der Waals surface area contributed by atoms with Crippen LogP contribution in [-0.4, -0.2) is 79.8 Å². The number of nitrogens with zero attached hydrogens (tertiary/aromatic N) is 1. The first-order valence-electron chi connectivity index (χ1n) is 15.6. The van der Waals surface area contributed by atoms with Crippen LogP contribution in [0.15, 0.2) is 94.6 Å². The Hall–Kier alpha value is -4.79. The van der Waals surface area contributed by atoms with E-state index in [1.54, 1.807) is 13.2 Å². The smallest absolute Gasteiger partial charge is 0.330 e. The third kappa shape index (κ3) is 6.89. The van der Waals surface area contributed by atoms with E-state index in [1.165, 1.54) is 27.3 Å². The van der Waals surface area contributed by atoms with E-state index in [-0.39, 0.29) is 25.4 Å². The SMILES string of the molecule is COCCO[C@@H]1[C@@H](COC(c2ccccc2)(c2ccccc2)c2cccc(OC)c2OC)O[C@@H](n2cc(C)c(=O)[nH]c2=O)[C@@]1(O)OC(C)=O. The molecule has 2 heterocycles. The zero-order chi connectivity index (χ0) is 35.2. The molecule has 1 aromatic heterocycles. The van der Waals surface area contributed by atoms with Crippen molar-refractivity contribution in [3.63, 3.8) is 0 Å². The lowest BCUT2D eigenvalue weighted by molar-refractivity contribution is -0.272. The molecule has 3 aromatic carbocycles. The average Bonchev–Trinajstić information content (AvgIpc) is 3.36. The fourth-order valence-corrected chi connectivity index (χ4v) is 6.16. The van der Waals surface area contributed by atoms with Crippen LogP contribution in [-0.2, 0) is 34.1 Å². The number of rotatable bonds is 14. The molecule has 0 unspecified atom stereocenters. The summed E-state index contributed by atoms with van der Waals surface area (Å²) in [4.78, 5) is 40.0. The number of nitrogens with one attached hydrogen (secondary N) is 1. The highest BCUT2D eigenvalue weighted by Gasteiger charge is 2.61. The zero-order valence-corrected chi connectivity index (χ0v) is 27.9. The van der Waals surface area contributed by atoms with Crippen molar-refractivity contribution < 1.29 is 43.1 Å². The van der Waals surface area contributed by atoms with Crippen molar-refractivity contribution in [1.82, 2.24) is 9.55 Å². The lowest BCUT2D eigenvalue weighted by atomic mass is 9.79. The molecular formula is C36H40N2O11. The van der Waals surface area contributed by atoms with E-state index in [2.05, 4.69) is 4.98 Å². The summed E-state index contributed by atoms with van der Waals surface area (Å²) in [7, 11) is 4.56. The van der Waals surface area contributed by atoms with Crippen LogP contribution in [0.1, 0.15) is 35.4 Å². The number of aliphatic hydroxyl groups is 1. The molecule has 1 saturated heterocycles. The summed E-state index contributed by atoms with van der Waals surface area (Å²) >= 11 is 0. The molecular weight excluding hydrogens is 636 g/mol. The summed E-state index contributed by atoms with van der Waals surface area (Å²) in [6.45, 7) is 2.40. The average molecular weight is 677 g/mol. The molecule has 5 rings (SSSR count). The minimum absolute atomic E-state index is 0.0386. The quantitative estimate of drug-likeness (QED) is 0.0876. The number of aryl methyl sites for hydroxylation is 1. The summed E-state index contributed by atoms with van der Waals surface area (Å²) < 4.78 is 42.7. The maximum absolute atomic E-state index is 13.1. The number of carbonyl (C=O) groups is 1. The predicted octanol–water partition coefficient (Wildman–Crippen LogP) is 3.05. The van der Waals surface area contributed by atoms with Gasteiger partial charge in [0, 0.05) is 31.4 Å². The topological polar surface area (TPSA) is 157 Å². The molecule has 0 spiro atoms. The summed E-state index contributed by atoms with van der Waals surface area (Å²) in [5.74, 6) is -2.52. The number of carbonyl (C=O) groups excluding carboxylic acids is 1. The number of aromatic nitrogens is 2. The normalized spacial score (nSPS) is 20.6.